The van der Waals surface area contributed by atoms with Gasteiger partial charge in [-0.3, -0.25) is 4.98 Å². The van der Waals surface area contributed by atoms with Gasteiger partial charge in [-0.05, 0) is 18.7 Å². The Balaban J connectivity index is 3.13. The molecular weight excluding hydrogens is 184 g/mol. The van der Waals surface area contributed by atoms with Gasteiger partial charge >= 0.3 is 0 Å². The van der Waals surface area contributed by atoms with Crippen molar-refractivity contribution in [3.63, 3.8) is 0 Å². The molecule has 4 heteroatoms. The fourth-order valence-corrected chi connectivity index (χ4v) is 1.75. The molecule has 72 valence electrons. The van der Waals surface area contributed by atoms with Gasteiger partial charge in [-0.15, -0.1) is 0 Å². The Bertz CT molecular complexity index is 302. The number of hydrogen-bond donors (Lipinski definition) is 2. The summed E-state index contributed by atoms with van der Waals surface area (Å²) in [5, 5.41) is 9.65. The highest BCUT2D eigenvalue weighted by molar-refractivity contribution is 7.97. The summed E-state index contributed by atoms with van der Waals surface area (Å²) in [6.07, 6.45) is 3.80. The molecular formula is C9H14N2OS. The van der Waals surface area contributed by atoms with Gasteiger partial charge in [0, 0.05) is 24.1 Å². The number of aromatic hydroxyl groups is 1. The van der Waals surface area contributed by atoms with Gasteiger partial charge in [-0.25, -0.2) is 0 Å². The van der Waals surface area contributed by atoms with Crippen LogP contribution in [0.4, 0.5) is 0 Å². The fourth-order valence-electron chi connectivity index (χ4n) is 1.19. The Morgan fingerprint density at radius 1 is 1.62 bits per heavy atom. The van der Waals surface area contributed by atoms with Gasteiger partial charge in [0.25, 0.3) is 0 Å². The summed E-state index contributed by atoms with van der Waals surface area (Å²) in [6.45, 7) is 2.14. The highest BCUT2D eigenvalue weighted by atomic mass is 32.2. The summed E-state index contributed by atoms with van der Waals surface area (Å²) in [4.78, 5) is 4.09. The first-order valence-electron chi connectivity index (χ1n) is 4.06. The van der Waals surface area contributed by atoms with Crippen LogP contribution in [-0.2, 0) is 12.3 Å². The zero-order valence-electron chi connectivity index (χ0n) is 7.87. The molecule has 0 atom stereocenters. The Hall–Kier alpha value is -0.740. The van der Waals surface area contributed by atoms with Crippen LogP contribution in [0.15, 0.2) is 6.20 Å². The van der Waals surface area contributed by atoms with E-state index in [1.54, 1.807) is 24.9 Å². The summed E-state index contributed by atoms with van der Waals surface area (Å²) < 4.78 is 0. The minimum Gasteiger partial charge on any atom is -0.506 e. The molecule has 1 rings (SSSR count). The lowest BCUT2D eigenvalue weighted by Crippen LogP contribution is -2.03. The molecule has 0 saturated heterocycles. The standard InChI is InChI=1S/C9H14N2OS/c1-6-9(12)8(3-10)7(4-11-6)5-13-2/h4,12H,3,5,10H2,1-2H3. The maximum Gasteiger partial charge on any atom is 0.141 e. The highest BCUT2D eigenvalue weighted by Gasteiger charge is 2.09. The van der Waals surface area contributed by atoms with E-state index < -0.39 is 0 Å². The third-order valence-corrected chi connectivity index (χ3v) is 2.53. The molecule has 0 bridgehead atoms. The quantitative estimate of drug-likeness (QED) is 0.771. The number of aryl methyl sites for hydroxylation is 1. The number of nitrogens with zero attached hydrogens (tertiary/aromatic N) is 1. The number of rotatable bonds is 3. The predicted octanol–water partition coefficient (Wildman–Crippen LogP) is 1.42. The van der Waals surface area contributed by atoms with Gasteiger partial charge in [0.05, 0.1) is 5.69 Å². The summed E-state index contributed by atoms with van der Waals surface area (Å²) in [7, 11) is 0. The largest absolute Gasteiger partial charge is 0.506 e. The fraction of sp³-hybridized carbons (Fsp3) is 0.444. The normalized spacial score (nSPS) is 10.4. The summed E-state index contributed by atoms with van der Waals surface area (Å²) in [5.74, 6) is 1.09. The first-order chi connectivity index (χ1) is 6.20. The van der Waals surface area contributed by atoms with Gasteiger partial charge in [0.15, 0.2) is 0 Å². The van der Waals surface area contributed by atoms with E-state index in [1.165, 1.54) is 0 Å². The predicted molar refractivity (Wildman–Crippen MR) is 55.7 cm³/mol. The van der Waals surface area contributed by atoms with E-state index in [0.29, 0.717) is 12.2 Å². The van der Waals surface area contributed by atoms with E-state index in [2.05, 4.69) is 4.98 Å². The molecule has 3 N–H and O–H groups in total. The average molecular weight is 198 g/mol. The third-order valence-electron chi connectivity index (χ3n) is 1.93. The number of hydrogen-bond acceptors (Lipinski definition) is 4. The van der Waals surface area contributed by atoms with Crippen molar-refractivity contribution in [1.29, 1.82) is 0 Å². The SMILES string of the molecule is CSCc1cnc(C)c(O)c1CN. The Kier molecular flexibility index (Phi) is 3.57. The van der Waals surface area contributed by atoms with Gasteiger partial charge in [-0.1, -0.05) is 0 Å². The Morgan fingerprint density at radius 3 is 2.85 bits per heavy atom. The molecule has 0 aromatic carbocycles. The van der Waals surface area contributed by atoms with E-state index in [1.807, 2.05) is 6.26 Å². The van der Waals surface area contributed by atoms with Crippen molar-refractivity contribution in [2.45, 2.75) is 19.2 Å². The van der Waals surface area contributed by atoms with Crippen molar-refractivity contribution >= 4 is 11.8 Å². The third kappa shape index (κ3) is 2.14. The topological polar surface area (TPSA) is 59.1 Å². The van der Waals surface area contributed by atoms with Crippen molar-refractivity contribution < 1.29 is 5.11 Å². The van der Waals surface area contributed by atoms with Crippen molar-refractivity contribution in [2.75, 3.05) is 6.26 Å². The van der Waals surface area contributed by atoms with Crippen molar-refractivity contribution in [1.82, 2.24) is 4.98 Å². The molecule has 0 spiro atoms. The highest BCUT2D eigenvalue weighted by Crippen LogP contribution is 2.25. The van der Waals surface area contributed by atoms with Crippen molar-refractivity contribution in [2.24, 2.45) is 5.73 Å². The molecule has 1 heterocycles. The molecule has 0 aliphatic carbocycles. The number of pyridine rings is 1. The van der Waals surface area contributed by atoms with Crippen molar-refractivity contribution in [3.8, 4) is 5.75 Å². The van der Waals surface area contributed by atoms with Gasteiger partial charge in [0.1, 0.15) is 5.75 Å². The molecule has 0 aliphatic rings. The Morgan fingerprint density at radius 2 is 2.31 bits per heavy atom. The van der Waals surface area contributed by atoms with Crippen LogP contribution in [-0.4, -0.2) is 16.3 Å². The number of thioether (sulfide) groups is 1. The van der Waals surface area contributed by atoms with Crippen LogP contribution >= 0.6 is 11.8 Å². The first kappa shape index (κ1) is 10.3. The smallest absolute Gasteiger partial charge is 0.141 e. The second-order valence-electron chi connectivity index (χ2n) is 2.83. The minimum atomic E-state index is 0.244. The molecule has 3 nitrogen and oxygen atoms in total. The molecule has 0 unspecified atom stereocenters. The second-order valence-corrected chi connectivity index (χ2v) is 3.70. The molecule has 1 aromatic heterocycles. The lowest BCUT2D eigenvalue weighted by Gasteiger charge is -2.09. The van der Waals surface area contributed by atoms with Gasteiger partial charge in [-0.2, -0.15) is 11.8 Å². The summed E-state index contributed by atoms with van der Waals surface area (Å²) in [6, 6.07) is 0. The van der Waals surface area contributed by atoms with Crippen LogP contribution in [0.2, 0.25) is 0 Å². The molecule has 0 aliphatic heterocycles. The van der Waals surface area contributed by atoms with Crippen LogP contribution in [0, 0.1) is 6.92 Å². The number of aromatic nitrogens is 1. The maximum absolute atomic E-state index is 9.65. The van der Waals surface area contributed by atoms with Gasteiger partial charge < -0.3 is 10.8 Å². The molecule has 0 fully saturated rings. The van der Waals surface area contributed by atoms with Crippen LogP contribution in [0.1, 0.15) is 16.8 Å². The van der Waals surface area contributed by atoms with E-state index in [9.17, 15) is 5.11 Å². The monoisotopic (exact) mass is 198 g/mol. The molecule has 13 heavy (non-hydrogen) atoms. The van der Waals surface area contributed by atoms with E-state index in [-0.39, 0.29) is 5.75 Å². The molecule has 0 saturated carbocycles. The van der Waals surface area contributed by atoms with E-state index >= 15 is 0 Å². The summed E-state index contributed by atoms with van der Waals surface area (Å²) in [5.41, 5.74) is 8.04. The van der Waals surface area contributed by atoms with Crippen LogP contribution in [0.5, 0.6) is 5.75 Å². The molecule has 0 amide bonds. The van der Waals surface area contributed by atoms with Crippen molar-refractivity contribution in [3.05, 3.63) is 23.0 Å². The first-order valence-corrected chi connectivity index (χ1v) is 5.45. The zero-order chi connectivity index (χ0) is 9.84. The van der Waals surface area contributed by atoms with E-state index in [4.69, 9.17) is 5.73 Å². The maximum atomic E-state index is 9.65. The lowest BCUT2D eigenvalue weighted by molar-refractivity contribution is 0.459. The van der Waals surface area contributed by atoms with Gasteiger partial charge in [0.2, 0.25) is 0 Å². The lowest BCUT2D eigenvalue weighted by atomic mass is 10.1. The van der Waals surface area contributed by atoms with Crippen LogP contribution < -0.4 is 5.73 Å². The molecule has 0 radical (unpaired) electrons. The van der Waals surface area contributed by atoms with E-state index in [0.717, 1.165) is 16.9 Å². The zero-order valence-corrected chi connectivity index (χ0v) is 8.69. The Labute approximate surface area is 82.4 Å². The number of nitrogens with two attached hydrogens (primary N) is 1. The average Bonchev–Trinajstić information content (AvgIpc) is 2.12. The van der Waals surface area contributed by atoms with Crippen LogP contribution in [0.3, 0.4) is 0 Å². The van der Waals surface area contributed by atoms with Crippen LogP contribution in [0.25, 0.3) is 0 Å². The minimum absolute atomic E-state index is 0.244. The second kappa shape index (κ2) is 4.48. The molecule has 1 aromatic rings. The summed E-state index contributed by atoms with van der Waals surface area (Å²) >= 11 is 1.69.